The molecule has 1 atom stereocenters. The molecule has 6 nitrogen and oxygen atoms in total. The van der Waals surface area contributed by atoms with Crippen LogP contribution in [-0.4, -0.2) is 22.9 Å². The predicted octanol–water partition coefficient (Wildman–Crippen LogP) is 2.22. The molecule has 1 aromatic carbocycles. The molecule has 2 aromatic rings. The number of carbonyl (C=O) groups excluding carboxylic acids is 2. The number of nitrogens with two attached hydrogens (primary N) is 1. The van der Waals surface area contributed by atoms with Crippen LogP contribution in [-0.2, 0) is 15.0 Å². The zero-order valence-corrected chi connectivity index (χ0v) is 13.2. The molecule has 2 rings (SSSR count). The van der Waals surface area contributed by atoms with Crippen LogP contribution in [0.5, 0.6) is 0 Å². The minimum atomic E-state index is -1.37. The van der Waals surface area contributed by atoms with E-state index in [-0.39, 0.29) is 12.0 Å². The number of benzene rings is 1. The molecule has 0 spiro atoms. The van der Waals surface area contributed by atoms with Gasteiger partial charge in [0.15, 0.2) is 0 Å². The summed E-state index contributed by atoms with van der Waals surface area (Å²) >= 11 is 1.16. The van der Waals surface area contributed by atoms with Gasteiger partial charge in [-0.3, -0.25) is 14.4 Å². The molecule has 1 heterocycles. The van der Waals surface area contributed by atoms with Crippen molar-refractivity contribution in [3.05, 3.63) is 52.9 Å². The molecular formula is C16H16N2O4S. The molecule has 0 aliphatic carbocycles. The van der Waals surface area contributed by atoms with Gasteiger partial charge in [0.1, 0.15) is 5.00 Å². The Morgan fingerprint density at radius 1 is 1.22 bits per heavy atom. The quantitative estimate of drug-likeness (QED) is 0.753. The van der Waals surface area contributed by atoms with Gasteiger partial charge in [0, 0.05) is 6.42 Å². The second kappa shape index (κ2) is 6.62. The van der Waals surface area contributed by atoms with Gasteiger partial charge in [-0.2, -0.15) is 0 Å². The fourth-order valence-corrected chi connectivity index (χ4v) is 3.01. The number of thiophene rings is 1. The Balaban J connectivity index is 2.21. The molecule has 0 saturated heterocycles. The van der Waals surface area contributed by atoms with Crippen LogP contribution < -0.4 is 11.1 Å². The van der Waals surface area contributed by atoms with E-state index in [0.717, 1.165) is 11.3 Å². The largest absolute Gasteiger partial charge is 0.481 e. The van der Waals surface area contributed by atoms with Crippen LogP contribution in [0.3, 0.4) is 0 Å². The van der Waals surface area contributed by atoms with Crippen LogP contribution in [0.4, 0.5) is 5.00 Å². The maximum Gasteiger partial charge on any atom is 0.314 e. The molecule has 0 aliphatic heterocycles. The first-order valence-electron chi connectivity index (χ1n) is 6.80. The highest BCUT2D eigenvalue weighted by Gasteiger charge is 2.37. The molecule has 0 fully saturated rings. The van der Waals surface area contributed by atoms with E-state index in [2.05, 4.69) is 5.32 Å². The Morgan fingerprint density at radius 2 is 1.87 bits per heavy atom. The van der Waals surface area contributed by atoms with Crippen LogP contribution >= 0.6 is 11.3 Å². The van der Waals surface area contributed by atoms with Crippen molar-refractivity contribution < 1.29 is 19.5 Å². The lowest BCUT2D eigenvalue weighted by molar-refractivity contribution is -0.145. The first kappa shape index (κ1) is 16.7. The van der Waals surface area contributed by atoms with Crippen LogP contribution in [0.15, 0.2) is 41.8 Å². The summed E-state index contributed by atoms with van der Waals surface area (Å²) in [5.74, 6) is -2.24. The summed E-state index contributed by atoms with van der Waals surface area (Å²) in [6.07, 6.45) is -0.261. The summed E-state index contributed by atoms with van der Waals surface area (Å²) in [6.45, 7) is 1.49. The molecule has 0 aliphatic rings. The zero-order valence-electron chi connectivity index (χ0n) is 12.4. The molecular weight excluding hydrogens is 316 g/mol. The third-order valence-electron chi connectivity index (χ3n) is 3.58. The number of carboxylic acids is 1. The van der Waals surface area contributed by atoms with Gasteiger partial charge < -0.3 is 16.2 Å². The fourth-order valence-electron chi connectivity index (χ4n) is 2.20. The summed E-state index contributed by atoms with van der Waals surface area (Å²) in [6, 6.07) is 10.1. The number of hydrogen-bond donors (Lipinski definition) is 3. The van der Waals surface area contributed by atoms with Gasteiger partial charge in [-0.25, -0.2) is 0 Å². The molecule has 0 bridgehead atoms. The van der Waals surface area contributed by atoms with E-state index >= 15 is 0 Å². The smallest absolute Gasteiger partial charge is 0.314 e. The van der Waals surface area contributed by atoms with Crippen LogP contribution in [0, 0.1) is 0 Å². The summed E-state index contributed by atoms with van der Waals surface area (Å²) < 4.78 is 0. The van der Waals surface area contributed by atoms with E-state index in [9.17, 15) is 19.5 Å². The lowest BCUT2D eigenvalue weighted by Gasteiger charge is -2.24. The Bertz CT molecular complexity index is 742. The number of nitrogens with one attached hydrogen (secondary N) is 1. The summed E-state index contributed by atoms with van der Waals surface area (Å²) in [5.41, 5.74) is 4.60. The number of aliphatic carboxylic acids is 1. The third-order valence-corrected chi connectivity index (χ3v) is 4.41. The van der Waals surface area contributed by atoms with Gasteiger partial charge in [-0.1, -0.05) is 30.3 Å². The number of carboxylic acid groups (broad SMARTS) is 1. The average molecular weight is 332 g/mol. The lowest BCUT2D eigenvalue weighted by atomic mass is 9.79. The second-order valence-electron chi connectivity index (χ2n) is 5.26. The first-order valence-corrected chi connectivity index (χ1v) is 7.68. The van der Waals surface area contributed by atoms with E-state index in [4.69, 9.17) is 5.73 Å². The van der Waals surface area contributed by atoms with Gasteiger partial charge in [0.2, 0.25) is 5.91 Å². The van der Waals surface area contributed by atoms with Crippen molar-refractivity contribution >= 4 is 34.1 Å². The number of hydrogen-bond acceptors (Lipinski definition) is 4. The Kier molecular flexibility index (Phi) is 4.80. The van der Waals surface area contributed by atoms with Crippen molar-refractivity contribution in [2.45, 2.75) is 18.8 Å². The van der Waals surface area contributed by atoms with Crippen molar-refractivity contribution in [1.82, 2.24) is 0 Å². The summed E-state index contributed by atoms with van der Waals surface area (Å²) in [5, 5.41) is 14.1. The normalized spacial score (nSPS) is 13.1. The van der Waals surface area contributed by atoms with Crippen molar-refractivity contribution in [2.75, 3.05) is 5.32 Å². The van der Waals surface area contributed by atoms with E-state index in [1.807, 2.05) is 0 Å². The summed E-state index contributed by atoms with van der Waals surface area (Å²) in [4.78, 5) is 35.2. The fraction of sp³-hybridized carbons (Fsp3) is 0.188. The Labute approximate surface area is 136 Å². The highest BCUT2D eigenvalue weighted by atomic mass is 32.1. The molecule has 0 unspecified atom stereocenters. The molecule has 4 N–H and O–H groups in total. The maximum atomic E-state index is 12.3. The molecule has 0 radical (unpaired) electrons. The number of rotatable bonds is 6. The first-order chi connectivity index (χ1) is 10.8. The number of carbonyl (C=O) groups is 3. The standard InChI is InChI=1S/C16H16N2O4S/c1-16(15(21)22,10-5-3-2-4-6-10)9-12(19)18-14-11(13(17)20)7-8-23-14/h2-8H,9H2,1H3,(H2,17,20)(H,18,19)(H,21,22)/t16-/m1/s1. The van der Waals surface area contributed by atoms with E-state index in [0.29, 0.717) is 10.6 Å². The average Bonchev–Trinajstić information content (AvgIpc) is 2.96. The highest BCUT2D eigenvalue weighted by Crippen LogP contribution is 2.30. The molecule has 1 aromatic heterocycles. The number of primary amides is 1. The van der Waals surface area contributed by atoms with Crippen molar-refractivity contribution in [3.63, 3.8) is 0 Å². The zero-order chi connectivity index (χ0) is 17.0. The number of amides is 2. The van der Waals surface area contributed by atoms with E-state index < -0.39 is 23.2 Å². The van der Waals surface area contributed by atoms with Crippen LogP contribution in [0.25, 0.3) is 0 Å². The molecule has 0 saturated carbocycles. The molecule has 2 amide bonds. The highest BCUT2D eigenvalue weighted by molar-refractivity contribution is 7.14. The van der Waals surface area contributed by atoms with Crippen LogP contribution in [0.1, 0.15) is 29.3 Å². The van der Waals surface area contributed by atoms with Gasteiger partial charge in [0.05, 0.1) is 11.0 Å². The summed E-state index contributed by atoms with van der Waals surface area (Å²) in [7, 11) is 0. The van der Waals surface area contributed by atoms with Gasteiger partial charge >= 0.3 is 5.97 Å². The second-order valence-corrected chi connectivity index (χ2v) is 6.17. The topological polar surface area (TPSA) is 109 Å². The van der Waals surface area contributed by atoms with Crippen molar-refractivity contribution in [1.29, 1.82) is 0 Å². The molecule has 7 heteroatoms. The van der Waals surface area contributed by atoms with E-state index in [1.165, 1.54) is 13.0 Å². The predicted molar refractivity (Wildman–Crippen MR) is 87.5 cm³/mol. The Hall–Kier alpha value is -2.67. The van der Waals surface area contributed by atoms with Crippen molar-refractivity contribution in [2.24, 2.45) is 5.73 Å². The van der Waals surface area contributed by atoms with E-state index in [1.54, 1.807) is 35.7 Å². The van der Waals surface area contributed by atoms with Gasteiger partial charge in [0.25, 0.3) is 5.91 Å². The maximum absolute atomic E-state index is 12.3. The SMILES string of the molecule is C[C@](CC(=O)Nc1sccc1C(N)=O)(C(=O)O)c1ccccc1. The minimum Gasteiger partial charge on any atom is -0.481 e. The number of anilines is 1. The van der Waals surface area contributed by atoms with Crippen molar-refractivity contribution in [3.8, 4) is 0 Å². The Morgan fingerprint density at radius 3 is 2.43 bits per heavy atom. The minimum absolute atomic E-state index is 0.208. The third kappa shape index (κ3) is 3.57. The molecule has 120 valence electrons. The van der Waals surface area contributed by atoms with Gasteiger partial charge in [-0.05, 0) is 23.9 Å². The van der Waals surface area contributed by atoms with Crippen LogP contribution in [0.2, 0.25) is 0 Å². The van der Waals surface area contributed by atoms with Gasteiger partial charge in [-0.15, -0.1) is 11.3 Å². The lowest BCUT2D eigenvalue weighted by Crippen LogP contribution is -2.36. The monoisotopic (exact) mass is 332 g/mol. The molecule has 23 heavy (non-hydrogen) atoms.